The summed E-state index contributed by atoms with van der Waals surface area (Å²) in [5.41, 5.74) is 0. The first-order chi connectivity index (χ1) is 11.7. The van der Waals surface area contributed by atoms with Crippen LogP contribution in [0.15, 0.2) is 9.52 Å². The van der Waals surface area contributed by atoms with Crippen LogP contribution >= 0.6 is 24.0 Å². The average molecular weight is 499 g/mol. The van der Waals surface area contributed by atoms with Gasteiger partial charge in [-0.05, 0) is 20.8 Å². The molecule has 1 N–H and O–H groups in total. The zero-order chi connectivity index (χ0) is 18.7. The number of nitrogens with one attached hydrogen (secondary N) is 1. The summed E-state index contributed by atoms with van der Waals surface area (Å²) in [6.45, 7) is 11.7. The summed E-state index contributed by atoms with van der Waals surface area (Å²) in [6, 6.07) is 0. The fraction of sp³-hybridized carbons (Fsp3) is 0.812. The molecule has 0 atom stereocenters. The second-order valence-corrected chi connectivity index (χ2v) is 9.93. The van der Waals surface area contributed by atoms with Crippen LogP contribution in [0.25, 0.3) is 0 Å². The zero-order valence-electron chi connectivity index (χ0n) is 16.2. The molecule has 1 aromatic heterocycles. The lowest BCUT2D eigenvalue weighted by atomic mass is 10.2. The minimum atomic E-state index is -3.07. The fourth-order valence-corrected chi connectivity index (χ4v) is 3.98. The van der Waals surface area contributed by atoms with Gasteiger partial charge in [-0.3, -0.25) is 4.99 Å². The molecule has 0 unspecified atom stereocenters. The van der Waals surface area contributed by atoms with Crippen LogP contribution in [0.4, 0.5) is 0 Å². The number of rotatable bonds is 5. The summed E-state index contributed by atoms with van der Waals surface area (Å²) in [5.74, 6) is 2.38. The first-order valence-corrected chi connectivity index (χ1v) is 10.4. The maximum Gasteiger partial charge on any atom is 0.228 e. The lowest BCUT2D eigenvalue weighted by Crippen LogP contribution is -2.57. The van der Waals surface area contributed by atoms with Gasteiger partial charge in [-0.15, -0.1) is 24.0 Å². The standard InChI is InChI=1S/C16H29N5O3S.HI/c1-6-17-15(21-9-10-25(22,23)16(4,5)11-21)18-8-7-13-19-14(12(2)3)20-24-13;/h12H,6-11H2,1-5H3,(H,17,18);1H. The van der Waals surface area contributed by atoms with Gasteiger partial charge in [-0.25, -0.2) is 8.42 Å². The topological polar surface area (TPSA) is 101 Å². The predicted octanol–water partition coefficient (Wildman–Crippen LogP) is 1.83. The summed E-state index contributed by atoms with van der Waals surface area (Å²) < 4.78 is 28.8. The van der Waals surface area contributed by atoms with E-state index < -0.39 is 14.6 Å². The molecule has 0 aromatic carbocycles. The SMILES string of the molecule is CCNC(=NCCc1nc(C(C)C)no1)N1CCS(=O)(=O)C(C)(C)C1.I. The number of halogens is 1. The van der Waals surface area contributed by atoms with Gasteiger partial charge in [0.15, 0.2) is 21.6 Å². The molecule has 26 heavy (non-hydrogen) atoms. The van der Waals surface area contributed by atoms with E-state index in [1.165, 1.54) is 0 Å². The minimum Gasteiger partial charge on any atom is -0.357 e. The highest BCUT2D eigenvalue weighted by Crippen LogP contribution is 2.23. The molecule has 2 heterocycles. The molecule has 0 aliphatic carbocycles. The number of hydrogen-bond donors (Lipinski definition) is 1. The van der Waals surface area contributed by atoms with Gasteiger partial charge >= 0.3 is 0 Å². The first kappa shape index (κ1) is 23.1. The van der Waals surface area contributed by atoms with Gasteiger partial charge in [0.2, 0.25) is 5.89 Å². The molecule has 1 aromatic rings. The van der Waals surface area contributed by atoms with Gasteiger partial charge < -0.3 is 14.7 Å². The summed E-state index contributed by atoms with van der Waals surface area (Å²) in [6.07, 6.45) is 0.560. The van der Waals surface area contributed by atoms with Crippen molar-refractivity contribution in [2.24, 2.45) is 4.99 Å². The van der Waals surface area contributed by atoms with E-state index >= 15 is 0 Å². The first-order valence-electron chi connectivity index (χ1n) is 8.74. The van der Waals surface area contributed by atoms with E-state index in [4.69, 9.17) is 4.52 Å². The van der Waals surface area contributed by atoms with Crippen molar-refractivity contribution in [3.63, 3.8) is 0 Å². The van der Waals surface area contributed by atoms with E-state index in [1.807, 2.05) is 25.7 Å². The van der Waals surface area contributed by atoms with E-state index in [0.717, 1.165) is 12.5 Å². The molecule has 8 nitrogen and oxygen atoms in total. The molecule has 0 saturated carbocycles. The Labute approximate surface area is 173 Å². The van der Waals surface area contributed by atoms with Crippen LogP contribution in [0.5, 0.6) is 0 Å². The van der Waals surface area contributed by atoms with Gasteiger partial charge in [-0.1, -0.05) is 19.0 Å². The summed E-state index contributed by atoms with van der Waals surface area (Å²) >= 11 is 0. The van der Waals surface area contributed by atoms with Crippen molar-refractivity contribution in [3.05, 3.63) is 11.7 Å². The normalized spacial score (nSPS) is 19.3. The van der Waals surface area contributed by atoms with Crippen LogP contribution in [-0.4, -0.2) is 66.1 Å². The van der Waals surface area contributed by atoms with Crippen LogP contribution < -0.4 is 5.32 Å². The van der Waals surface area contributed by atoms with Crippen molar-refractivity contribution in [2.45, 2.75) is 51.7 Å². The van der Waals surface area contributed by atoms with Crippen molar-refractivity contribution >= 4 is 39.8 Å². The van der Waals surface area contributed by atoms with Crippen LogP contribution in [0.3, 0.4) is 0 Å². The second-order valence-electron chi connectivity index (χ2n) is 7.19. The van der Waals surface area contributed by atoms with E-state index in [1.54, 1.807) is 13.8 Å². The number of guanidine groups is 1. The second kappa shape index (κ2) is 9.34. The van der Waals surface area contributed by atoms with Crippen LogP contribution in [0.2, 0.25) is 0 Å². The van der Waals surface area contributed by atoms with Gasteiger partial charge in [0.25, 0.3) is 0 Å². The maximum absolute atomic E-state index is 12.2. The number of hydrogen-bond acceptors (Lipinski definition) is 6. The fourth-order valence-electron chi connectivity index (χ4n) is 2.61. The summed E-state index contributed by atoms with van der Waals surface area (Å²) in [5, 5.41) is 7.19. The molecule has 10 heteroatoms. The Bertz CT molecular complexity index is 715. The lowest BCUT2D eigenvalue weighted by Gasteiger charge is -2.39. The van der Waals surface area contributed by atoms with Gasteiger partial charge in [0.1, 0.15) is 0 Å². The van der Waals surface area contributed by atoms with Crippen LogP contribution in [0, 0.1) is 0 Å². The molecule has 150 valence electrons. The molecule has 0 amide bonds. The van der Waals surface area contributed by atoms with Crippen molar-refractivity contribution < 1.29 is 12.9 Å². The molecule has 0 bridgehead atoms. The number of sulfone groups is 1. The van der Waals surface area contributed by atoms with Gasteiger partial charge in [0.05, 0.1) is 17.0 Å². The quantitative estimate of drug-likeness (QED) is 0.375. The number of aromatic nitrogens is 2. The minimum absolute atomic E-state index is 0. The number of aliphatic imine (C=N–C) groups is 1. The Morgan fingerprint density at radius 2 is 2.12 bits per heavy atom. The highest BCUT2D eigenvalue weighted by atomic mass is 127. The Hall–Kier alpha value is -0.910. The Kier molecular flexibility index (Phi) is 8.31. The van der Waals surface area contributed by atoms with Crippen molar-refractivity contribution in [2.75, 3.05) is 31.9 Å². The highest BCUT2D eigenvalue weighted by molar-refractivity contribution is 14.0. The molecular formula is C16H30IN5O3S. The summed E-state index contributed by atoms with van der Waals surface area (Å²) in [4.78, 5) is 11.0. The smallest absolute Gasteiger partial charge is 0.228 e. The van der Waals surface area contributed by atoms with Gasteiger partial charge in [0, 0.05) is 32.0 Å². The Balaban J connectivity index is 0.00000338. The molecule has 2 rings (SSSR count). The molecule has 1 aliphatic heterocycles. The monoisotopic (exact) mass is 499 g/mol. The van der Waals surface area contributed by atoms with E-state index in [0.29, 0.717) is 37.8 Å². The maximum atomic E-state index is 12.2. The molecule has 0 spiro atoms. The van der Waals surface area contributed by atoms with E-state index in [9.17, 15) is 8.42 Å². The highest BCUT2D eigenvalue weighted by Gasteiger charge is 2.40. The molecule has 1 aliphatic rings. The van der Waals surface area contributed by atoms with Gasteiger partial charge in [-0.2, -0.15) is 4.98 Å². The predicted molar refractivity (Wildman–Crippen MR) is 113 cm³/mol. The van der Waals surface area contributed by atoms with Crippen molar-refractivity contribution in [1.82, 2.24) is 20.4 Å². The zero-order valence-corrected chi connectivity index (χ0v) is 19.3. The van der Waals surface area contributed by atoms with Crippen LogP contribution in [-0.2, 0) is 16.3 Å². The average Bonchev–Trinajstić information content (AvgIpc) is 2.98. The lowest BCUT2D eigenvalue weighted by molar-refractivity contribution is 0.352. The third kappa shape index (κ3) is 5.54. The van der Waals surface area contributed by atoms with E-state index in [-0.39, 0.29) is 35.6 Å². The molecule has 0 radical (unpaired) electrons. The van der Waals surface area contributed by atoms with Crippen molar-refractivity contribution in [3.8, 4) is 0 Å². The van der Waals surface area contributed by atoms with Crippen molar-refractivity contribution in [1.29, 1.82) is 0 Å². The molecular weight excluding hydrogens is 469 g/mol. The number of nitrogens with zero attached hydrogens (tertiary/aromatic N) is 4. The summed E-state index contributed by atoms with van der Waals surface area (Å²) in [7, 11) is -3.07. The van der Waals surface area contributed by atoms with Crippen LogP contribution in [0.1, 0.15) is 52.3 Å². The van der Waals surface area contributed by atoms with E-state index in [2.05, 4.69) is 20.4 Å². The third-order valence-corrected chi connectivity index (χ3v) is 6.80. The molecule has 1 saturated heterocycles. The Morgan fingerprint density at radius 1 is 1.42 bits per heavy atom. The molecule has 1 fully saturated rings. The Morgan fingerprint density at radius 3 is 2.65 bits per heavy atom. The largest absolute Gasteiger partial charge is 0.357 e. The third-order valence-electron chi connectivity index (χ3n) is 4.27.